The van der Waals surface area contributed by atoms with E-state index in [0.29, 0.717) is 12.8 Å². The van der Waals surface area contributed by atoms with E-state index < -0.39 is 24.1 Å². The number of nitrogens with one attached hydrogen (secondary N) is 1. The molecule has 4 rings (SSSR count). The van der Waals surface area contributed by atoms with Gasteiger partial charge in [0.25, 0.3) is 0 Å². The number of carboxylic acid groups (broad SMARTS) is 1. The van der Waals surface area contributed by atoms with E-state index in [4.69, 9.17) is 0 Å². The number of amides is 2. The lowest BCUT2D eigenvalue weighted by molar-refractivity contribution is -0.147. The number of aliphatic hydroxyl groups is 1. The molecule has 0 saturated heterocycles. The lowest BCUT2D eigenvalue weighted by Crippen LogP contribution is -2.53. The summed E-state index contributed by atoms with van der Waals surface area (Å²) < 4.78 is 0. The predicted octanol–water partition coefficient (Wildman–Crippen LogP) is 4.16. The fourth-order valence-corrected chi connectivity index (χ4v) is 5.22. The third-order valence-corrected chi connectivity index (χ3v) is 6.97. The monoisotopic (exact) mass is 502 g/mol. The summed E-state index contributed by atoms with van der Waals surface area (Å²) in [4.78, 5) is 40.0. The van der Waals surface area contributed by atoms with E-state index >= 15 is 0 Å². The van der Waals surface area contributed by atoms with E-state index in [-0.39, 0.29) is 30.7 Å². The second-order valence-corrected chi connectivity index (χ2v) is 10.2. The molecule has 2 unspecified atom stereocenters. The number of benzene rings is 3. The number of carbonyl (C=O) groups is 3. The molecule has 7 heteroatoms. The zero-order valence-electron chi connectivity index (χ0n) is 21.3. The van der Waals surface area contributed by atoms with Crippen LogP contribution in [0.4, 0.5) is 4.79 Å². The summed E-state index contributed by atoms with van der Waals surface area (Å²) in [5.74, 6) is -1.73. The fraction of sp³-hybridized carbons (Fsp3) is 0.367. The fourth-order valence-electron chi connectivity index (χ4n) is 5.22. The molecule has 0 bridgehead atoms. The van der Waals surface area contributed by atoms with Crippen molar-refractivity contribution < 1.29 is 24.6 Å². The van der Waals surface area contributed by atoms with Crippen LogP contribution in [0.1, 0.15) is 42.9 Å². The van der Waals surface area contributed by atoms with Crippen molar-refractivity contribution in [2.75, 3.05) is 13.1 Å². The maximum atomic E-state index is 14.0. The Bertz CT molecular complexity index is 1280. The standard InChI is InChI=1S/C30H34N2O5/c1-19(2)17-32(18-27(33)29(35)36)30(37)31-26(16-22-11-7-10-20-8-3-5-12-23(20)22)28(34)25-15-14-21-9-4-6-13-24(21)25/h3-13,19,25-27,33H,14-18H2,1-2H3,(H,31,37)(H,35,36)/t25?,26-,27?/m0/s1. The van der Waals surface area contributed by atoms with Gasteiger partial charge >= 0.3 is 12.0 Å². The maximum absolute atomic E-state index is 14.0. The first-order valence-corrected chi connectivity index (χ1v) is 12.8. The summed E-state index contributed by atoms with van der Waals surface area (Å²) in [5.41, 5.74) is 3.11. The van der Waals surface area contributed by atoms with E-state index in [1.54, 1.807) is 0 Å². The molecule has 194 valence electrons. The molecule has 0 fully saturated rings. The molecule has 7 nitrogen and oxygen atoms in total. The van der Waals surface area contributed by atoms with Gasteiger partial charge in [0.15, 0.2) is 11.9 Å². The lowest BCUT2D eigenvalue weighted by atomic mass is 9.88. The van der Waals surface area contributed by atoms with Gasteiger partial charge in [-0.3, -0.25) is 4.79 Å². The van der Waals surface area contributed by atoms with Crippen molar-refractivity contribution in [3.05, 3.63) is 83.4 Å². The third-order valence-electron chi connectivity index (χ3n) is 6.97. The summed E-state index contributed by atoms with van der Waals surface area (Å²) in [6.07, 6.45) is 0.0967. The molecular formula is C30H34N2O5. The minimum atomic E-state index is -1.71. The quantitative estimate of drug-likeness (QED) is 0.386. The van der Waals surface area contributed by atoms with E-state index in [0.717, 1.165) is 33.9 Å². The average Bonchev–Trinajstić information content (AvgIpc) is 3.31. The highest BCUT2D eigenvalue weighted by Gasteiger charge is 2.35. The number of hydrogen-bond acceptors (Lipinski definition) is 4. The van der Waals surface area contributed by atoms with Crippen molar-refractivity contribution >= 4 is 28.6 Å². The second kappa shape index (κ2) is 11.6. The second-order valence-electron chi connectivity index (χ2n) is 10.2. The number of carbonyl (C=O) groups excluding carboxylic acids is 2. The highest BCUT2D eigenvalue weighted by atomic mass is 16.4. The lowest BCUT2D eigenvalue weighted by Gasteiger charge is -2.29. The molecule has 2 amide bonds. The Hall–Kier alpha value is -3.71. The molecule has 0 heterocycles. The van der Waals surface area contributed by atoms with Gasteiger partial charge in [0, 0.05) is 18.9 Å². The molecule has 1 aliphatic carbocycles. The molecule has 3 atom stereocenters. The molecule has 0 saturated carbocycles. The zero-order valence-corrected chi connectivity index (χ0v) is 21.3. The Labute approximate surface area is 217 Å². The van der Waals surface area contributed by atoms with Gasteiger partial charge in [-0.2, -0.15) is 0 Å². The summed E-state index contributed by atoms with van der Waals surface area (Å²) in [6, 6.07) is 20.4. The van der Waals surface area contributed by atoms with Crippen molar-refractivity contribution in [3.63, 3.8) is 0 Å². The number of urea groups is 1. The molecule has 37 heavy (non-hydrogen) atoms. The van der Waals surface area contributed by atoms with E-state index in [9.17, 15) is 24.6 Å². The van der Waals surface area contributed by atoms with Crippen LogP contribution in [0.25, 0.3) is 10.8 Å². The van der Waals surface area contributed by atoms with Gasteiger partial charge < -0.3 is 20.4 Å². The highest BCUT2D eigenvalue weighted by molar-refractivity contribution is 5.95. The number of hydrogen-bond donors (Lipinski definition) is 3. The average molecular weight is 503 g/mol. The molecule has 3 aromatic carbocycles. The first kappa shape index (κ1) is 26.4. The molecular weight excluding hydrogens is 468 g/mol. The van der Waals surface area contributed by atoms with Crippen molar-refractivity contribution in [3.8, 4) is 0 Å². The molecule has 0 aliphatic heterocycles. The number of rotatable bonds is 10. The van der Waals surface area contributed by atoms with Crippen molar-refractivity contribution in [1.82, 2.24) is 10.2 Å². The van der Waals surface area contributed by atoms with Crippen LogP contribution in [0.3, 0.4) is 0 Å². The maximum Gasteiger partial charge on any atom is 0.334 e. The van der Waals surface area contributed by atoms with Gasteiger partial charge in [-0.05, 0) is 46.2 Å². The van der Waals surface area contributed by atoms with Crippen molar-refractivity contribution in [1.29, 1.82) is 0 Å². The SMILES string of the molecule is CC(C)CN(CC(O)C(=O)O)C(=O)N[C@@H](Cc1cccc2ccccc12)C(=O)C1CCc2ccccc21. The van der Waals surface area contributed by atoms with Gasteiger partial charge in [-0.25, -0.2) is 9.59 Å². The van der Waals surface area contributed by atoms with Crippen molar-refractivity contribution in [2.24, 2.45) is 5.92 Å². The Morgan fingerprint density at radius 2 is 1.68 bits per heavy atom. The molecule has 1 aliphatic rings. The largest absolute Gasteiger partial charge is 0.479 e. The Morgan fingerprint density at radius 3 is 2.43 bits per heavy atom. The summed E-state index contributed by atoms with van der Waals surface area (Å²) in [7, 11) is 0. The Balaban J connectivity index is 1.65. The molecule has 0 spiro atoms. The number of aliphatic hydroxyl groups excluding tert-OH is 1. The topological polar surface area (TPSA) is 107 Å². The van der Waals surface area contributed by atoms with Crippen LogP contribution in [0.2, 0.25) is 0 Å². The minimum Gasteiger partial charge on any atom is -0.479 e. The summed E-state index contributed by atoms with van der Waals surface area (Å²) in [5, 5.41) is 24.1. The Morgan fingerprint density at radius 1 is 0.973 bits per heavy atom. The van der Waals surface area contributed by atoms with E-state index in [1.165, 1.54) is 4.90 Å². The first-order chi connectivity index (χ1) is 17.7. The third kappa shape index (κ3) is 6.17. The van der Waals surface area contributed by atoms with E-state index in [2.05, 4.69) is 5.32 Å². The van der Waals surface area contributed by atoms with Crippen LogP contribution in [-0.2, 0) is 22.4 Å². The van der Waals surface area contributed by atoms with Gasteiger partial charge in [0.05, 0.1) is 12.6 Å². The Kier molecular flexibility index (Phi) is 8.24. The van der Waals surface area contributed by atoms with E-state index in [1.807, 2.05) is 80.6 Å². The van der Waals surface area contributed by atoms with Gasteiger partial charge in [0.1, 0.15) is 0 Å². The van der Waals surface area contributed by atoms with Crippen LogP contribution in [0, 0.1) is 5.92 Å². The van der Waals surface area contributed by atoms with Crippen LogP contribution >= 0.6 is 0 Å². The smallest absolute Gasteiger partial charge is 0.334 e. The van der Waals surface area contributed by atoms with Crippen molar-refractivity contribution in [2.45, 2.75) is 51.2 Å². The van der Waals surface area contributed by atoms with Gasteiger partial charge in [-0.15, -0.1) is 0 Å². The summed E-state index contributed by atoms with van der Waals surface area (Å²) in [6.45, 7) is 3.70. The van der Waals surface area contributed by atoms with Crippen LogP contribution in [-0.4, -0.2) is 58.1 Å². The minimum absolute atomic E-state index is 0.0423. The normalized spacial score (nSPS) is 16.3. The first-order valence-electron chi connectivity index (χ1n) is 12.8. The number of fused-ring (bicyclic) bond motifs is 2. The van der Waals surface area contributed by atoms with Crippen LogP contribution in [0.5, 0.6) is 0 Å². The van der Waals surface area contributed by atoms with Gasteiger partial charge in [-0.1, -0.05) is 80.6 Å². The van der Waals surface area contributed by atoms with Crippen LogP contribution in [0.15, 0.2) is 66.7 Å². The molecule has 0 radical (unpaired) electrons. The molecule has 3 N–H and O–H groups in total. The molecule has 0 aromatic heterocycles. The number of aryl methyl sites for hydroxylation is 1. The zero-order chi connectivity index (χ0) is 26.5. The van der Waals surface area contributed by atoms with Crippen LogP contribution < -0.4 is 5.32 Å². The molecule has 3 aromatic rings. The van der Waals surface area contributed by atoms with Gasteiger partial charge in [0.2, 0.25) is 0 Å². The number of carboxylic acids is 1. The number of Topliss-reactive ketones (excluding diaryl/α,β-unsaturated/α-hetero) is 1. The number of ketones is 1. The highest BCUT2D eigenvalue weighted by Crippen LogP contribution is 2.35. The summed E-state index contributed by atoms with van der Waals surface area (Å²) >= 11 is 0. The number of nitrogens with zero attached hydrogens (tertiary/aromatic N) is 1. The predicted molar refractivity (Wildman–Crippen MR) is 143 cm³/mol. The number of aliphatic carboxylic acids is 1.